The number of aryl methyl sites for hydroxylation is 1. The third kappa shape index (κ3) is 8.95. The molecule has 0 aliphatic rings. The van der Waals surface area contributed by atoms with E-state index in [1.807, 2.05) is 50.3 Å². The number of hydrogen-bond donors (Lipinski definition) is 0. The summed E-state index contributed by atoms with van der Waals surface area (Å²) in [5.41, 5.74) is 2.31. The van der Waals surface area contributed by atoms with Crippen LogP contribution in [0.5, 0.6) is 0 Å². The maximum atomic E-state index is 11.5. The molecule has 1 aromatic rings. The molecule has 0 amide bonds. The van der Waals surface area contributed by atoms with Crippen LogP contribution in [0.4, 0.5) is 0 Å². The zero-order valence-corrected chi connectivity index (χ0v) is 13.3. The van der Waals surface area contributed by atoms with E-state index in [4.69, 9.17) is 9.47 Å². The Balaban J connectivity index is 2.06. The van der Waals surface area contributed by atoms with Gasteiger partial charge in [0, 0.05) is 0 Å². The molecule has 0 spiro atoms. The SMILES string of the molecule is CC(C)=CCOC(=O)CCC(=O)OCCCc1ccccc1. The number of carbonyl (C=O) groups is 2. The molecule has 1 rings (SSSR count). The summed E-state index contributed by atoms with van der Waals surface area (Å²) < 4.78 is 10.1. The second kappa shape index (κ2) is 10.6. The number of rotatable bonds is 9. The molecule has 0 unspecified atom stereocenters. The first-order valence-electron chi connectivity index (χ1n) is 7.56. The van der Waals surface area contributed by atoms with E-state index in [0.717, 1.165) is 18.4 Å². The van der Waals surface area contributed by atoms with Gasteiger partial charge < -0.3 is 9.47 Å². The van der Waals surface area contributed by atoms with Crippen molar-refractivity contribution in [1.82, 2.24) is 0 Å². The van der Waals surface area contributed by atoms with Crippen LogP contribution < -0.4 is 0 Å². The van der Waals surface area contributed by atoms with Crippen molar-refractivity contribution >= 4 is 11.9 Å². The molecule has 0 aromatic heterocycles. The monoisotopic (exact) mass is 304 g/mol. The van der Waals surface area contributed by atoms with E-state index in [1.54, 1.807) is 0 Å². The number of carbonyl (C=O) groups excluding carboxylic acids is 2. The fourth-order valence-electron chi connectivity index (χ4n) is 1.76. The largest absolute Gasteiger partial charge is 0.466 e. The number of ether oxygens (including phenoxy) is 2. The number of allylic oxidation sites excluding steroid dienone is 1. The lowest BCUT2D eigenvalue weighted by Crippen LogP contribution is -2.11. The van der Waals surface area contributed by atoms with E-state index in [-0.39, 0.29) is 31.4 Å². The maximum absolute atomic E-state index is 11.5. The van der Waals surface area contributed by atoms with Crippen molar-refractivity contribution < 1.29 is 19.1 Å². The third-order valence-corrected chi connectivity index (χ3v) is 2.98. The molecule has 0 fully saturated rings. The van der Waals surface area contributed by atoms with Crippen molar-refractivity contribution in [1.29, 1.82) is 0 Å². The van der Waals surface area contributed by atoms with Crippen LogP contribution in [0.15, 0.2) is 42.0 Å². The molecule has 0 aliphatic carbocycles. The van der Waals surface area contributed by atoms with E-state index in [9.17, 15) is 9.59 Å². The van der Waals surface area contributed by atoms with Gasteiger partial charge in [-0.2, -0.15) is 0 Å². The molecule has 4 nitrogen and oxygen atoms in total. The van der Waals surface area contributed by atoms with Gasteiger partial charge in [0.15, 0.2) is 0 Å². The molecule has 4 heteroatoms. The smallest absolute Gasteiger partial charge is 0.306 e. The maximum Gasteiger partial charge on any atom is 0.306 e. The van der Waals surface area contributed by atoms with Gasteiger partial charge >= 0.3 is 11.9 Å². The first-order valence-corrected chi connectivity index (χ1v) is 7.56. The van der Waals surface area contributed by atoms with E-state index in [1.165, 1.54) is 5.56 Å². The van der Waals surface area contributed by atoms with Crippen LogP contribution in [0.3, 0.4) is 0 Å². The summed E-state index contributed by atoms with van der Waals surface area (Å²) in [7, 11) is 0. The highest BCUT2D eigenvalue weighted by Gasteiger charge is 2.08. The summed E-state index contributed by atoms with van der Waals surface area (Å²) in [5.74, 6) is -0.731. The molecule has 0 aliphatic heterocycles. The lowest BCUT2D eigenvalue weighted by Gasteiger charge is -2.05. The van der Waals surface area contributed by atoms with Crippen molar-refractivity contribution in [2.24, 2.45) is 0 Å². The van der Waals surface area contributed by atoms with Crippen molar-refractivity contribution in [3.63, 3.8) is 0 Å². The minimum absolute atomic E-state index is 0.0636. The van der Waals surface area contributed by atoms with Gasteiger partial charge in [0.25, 0.3) is 0 Å². The zero-order chi connectivity index (χ0) is 16.2. The van der Waals surface area contributed by atoms with Crippen LogP contribution in [-0.2, 0) is 25.5 Å². The lowest BCUT2D eigenvalue weighted by molar-refractivity contribution is -0.149. The van der Waals surface area contributed by atoms with Crippen LogP contribution in [0.25, 0.3) is 0 Å². The Morgan fingerprint density at radius 1 is 1.00 bits per heavy atom. The van der Waals surface area contributed by atoms with Crippen LogP contribution in [0, 0.1) is 0 Å². The number of esters is 2. The second-order valence-electron chi connectivity index (χ2n) is 5.27. The van der Waals surface area contributed by atoms with Crippen molar-refractivity contribution in [3.8, 4) is 0 Å². The molecule has 1 aromatic carbocycles. The molecular weight excluding hydrogens is 280 g/mol. The summed E-state index contributed by atoms with van der Waals surface area (Å²) in [5, 5.41) is 0. The van der Waals surface area contributed by atoms with Crippen molar-refractivity contribution in [3.05, 3.63) is 47.5 Å². The van der Waals surface area contributed by atoms with Crippen LogP contribution >= 0.6 is 0 Å². The van der Waals surface area contributed by atoms with Crippen LogP contribution in [0.2, 0.25) is 0 Å². The fraction of sp³-hybridized carbons (Fsp3) is 0.444. The standard InChI is InChI=1S/C18H24O4/c1-15(2)12-14-22-18(20)11-10-17(19)21-13-6-9-16-7-4-3-5-8-16/h3-5,7-8,12H,6,9-11,13-14H2,1-2H3. The van der Waals surface area contributed by atoms with Gasteiger partial charge in [-0.3, -0.25) is 9.59 Å². The predicted octanol–water partition coefficient (Wildman–Crippen LogP) is 3.45. The summed E-state index contributed by atoms with van der Waals surface area (Å²) in [6.45, 7) is 4.50. The third-order valence-electron chi connectivity index (χ3n) is 2.98. The molecule has 0 saturated heterocycles. The Kier molecular flexibility index (Phi) is 8.65. The van der Waals surface area contributed by atoms with Crippen LogP contribution in [0.1, 0.15) is 38.7 Å². The summed E-state index contributed by atoms with van der Waals surface area (Å²) in [4.78, 5) is 22.9. The molecule has 0 saturated carbocycles. The quantitative estimate of drug-likeness (QED) is 0.398. The lowest BCUT2D eigenvalue weighted by atomic mass is 10.1. The van der Waals surface area contributed by atoms with Crippen molar-refractivity contribution in [2.75, 3.05) is 13.2 Å². The van der Waals surface area contributed by atoms with E-state index >= 15 is 0 Å². The minimum atomic E-state index is -0.376. The molecule has 0 atom stereocenters. The molecule has 0 radical (unpaired) electrons. The molecule has 120 valence electrons. The van der Waals surface area contributed by atoms with E-state index in [2.05, 4.69) is 0 Å². The van der Waals surface area contributed by atoms with Gasteiger partial charge in [0.1, 0.15) is 6.61 Å². The summed E-state index contributed by atoms with van der Waals surface area (Å²) >= 11 is 0. The normalized spacial score (nSPS) is 9.91. The topological polar surface area (TPSA) is 52.6 Å². The predicted molar refractivity (Wildman–Crippen MR) is 85.3 cm³/mol. The van der Waals surface area contributed by atoms with Gasteiger partial charge in [0.2, 0.25) is 0 Å². The zero-order valence-electron chi connectivity index (χ0n) is 13.3. The van der Waals surface area contributed by atoms with Crippen molar-refractivity contribution in [2.45, 2.75) is 39.5 Å². The first-order chi connectivity index (χ1) is 10.6. The Morgan fingerprint density at radius 2 is 1.64 bits per heavy atom. The highest BCUT2D eigenvalue weighted by molar-refractivity contribution is 5.77. The van der Waals surface area contributed by atoms with Crippen LogP contribution in [-0.4, -0.2) is 25.2 Å². The Bertz CT molecular complexity index is 487. The average Bonchev–Trinajstić information content (AvgIpc) is 2.50. The van der Waals surface area contributed by atoms with Gasteiger partial charge in [-0.05, 0) is 38.3 Å². The Hall–Kier alpha value is -2.10. The Labute approximate surface area is 132 Å². The van der Waals surface area contributed by atoms with Gasteiger partial charge in [-0.25, -0.2) is 0 Å². The molecule has 0 bridgehead atoms. The molecule has 0 N–H and O–H groups in total. The highest BCUT2D eigenvalue weighted by atomic mass is 16.5. The number of hydrogen-bond acceptors (Lipinski definition) is 4. The van der Waals surface area contributed by atoms with E-state index in [0.29, 0.717) is 6.61 Å². The molecule has 22 heavy (non-hydrogen) atoms. The van der Waals surface area contributed by atoms with Gasteiger partial charge in [-0.1, -0.05) is 35.9 Å². The molecule has 0 heterocycles. The van der Waals surface area contributed by atoms with E-state index < -0.39 is 0 Å². The van der Waals surface area contributed by atoms with Gasteiger partial charge in [-0.15, -0.1) is 0 Å². The van der Waals surface area contributed by atoms with Gasteiger partial charge in [0.05, 0.1) is 19.4 Å². The number of benzene rings is 1. The minimum Gasteiger partial charge on any atom is -0.466 e. The average molecular weight is 304 g/mol. The second-order valence-corrected chi connectivity index (χ2v) is 5.27. The first kappa shape index (κ1) is 18.0. The fourth-order valence-corrected chi connectivity index (χ4v) is 1.76. The molecular formula is C18H24O4. The summed E-state index contributed by atoms with van der Waals surface area (Å²) in [6.07, 6.45) is 3.60. The Morgan fingerprint density at radius 3 is 2.27 bits per heavy atom. The summed E-state index contributed by atoms with van der Waals surface area (Å²) in [6, 6.07) is 10.0. The highest BCUT2D eigenvalue weighted by Crippen LogP contribution is 2.03.